The fraction of sp³-hybridized carbons (Fsp3) is 0.300. The fourth-order valence-corrected chi connectivity index (χ4v) is 2.05. The Hall–Kier alpha value is -1.00. The standard InChI is InChI=1S/C10H8Cl2FNO2/c11-5-1-2-6(12)9(13)8(5)7-3-4-16-10(15)14-7/h1-2,7H,3-4H2,(H,14,15)/t7-/m1/s1. The third-order valence-electron chi connectivity index (χ3n) is 2.36. The molecule has 0 saturated carbocycles. The van der Waals surface area contributed by atoms with Gasteiger partial charge in [-0.05, 0) is 12.1 Å². The molecule has 3 nitrogen and oxygen atoms in total. The van der Waals surface area contributed by atoms with Gasteiger partial charge in [-0.1, -0.05) is 23.2 Å². The van der Waals surface area contributed by atoms with Crippen LogP contribution in [0.2, 0.25) is 10.0 Å². The number of alkyl carbamates (subject to hydrolysis) is 1. The molecule has 0 bridgehead atoms. The number of cyclic esters (lactones) is 1. The Morgan fingerprint density at radius 3 is 2.75 bits per heavy atom. The molecule has 1 amide bonds. The molecule has 0 aliphatic carbocycles. The molecular formula is C10H8Cl2FNO2. The largest absolute Gasteiger partial charge is 0.449 e. The van der Waals surface area contributed by atoms with Crippen LogP contribution in [0.3, 0.4) is 0 Å². The van der Waals surface area contributed by atoms with Gasteiger partial charge in [0.25, 0.3) is 0 Å². The molecule has 1 fully saturated rings. The number of amides is 1. The molecule has 1 atom stereocenters. The summed E-state index contributed by atoms with van der Waals surface area (Å²) in [5.74, 6) is -0.596. The van der Waals surface area contributed by atoms with Crippen LogP contribution in [-0.2, 0) is 4.74 Å². The van der Waals surface area contributed by atoms with Gasteiger partial charge in [0.1, 0.15) is 5.82 Å². The van der Waals surface area contributed by atoms with Gasteiger partial charge in [-0.2, -0.15) is 0 Å². The predicted molar refractivity (Wildman–Crippen MR) is 58.3 cm³/mol. The van der Waals surface area contributed by atoms with Crippen LogP contribution in [0, 0.1) is 5.82 Å². The minimum Gasteiger partial charge on any atom is -0.449 e. The van der Waals surface area contributed by atoms with Crippen molar-refractivity contribution in [3.05, 3.63) is 33.6 Å². The van der Waals surface area contributed by atoms with Gasteiger partial charge in [0.2, 0.25) is 0 Å². The van der Waals surface area contributed by atoms with E-state index in [1.165, 1.54) is 12.1 Å². The number of benzene rings is 1. The van der Waals surface area contributed by atoms with E-state index in [0.717, 1.165) is 0 Å². The monoisotopic (exact) mass is 263 g/mol. The molecule has 1 heterocycles. The fourth-order valence-electron chi connectivity index (χ4n) is 1.60. The number of nitrogens with one attached hydrogen (secondary N) is 1. The Bertz CT molecular complexity index is 439. The van der Waals surface area contributed by atoms with E-state index in [1.807, 2.05) is 0 Å². The van der Waals surface area contributed by atoms with Gasteiger partial charge in [0.15, 0.2) is 0 Å². The molecule has 1 aromatic carbocycles. The van der Waals surface area contributed by atoms with Crippen molar-refractivity contribution in [3.8, 4) is 0 Å². The summed E-state index contributed by atoms with van der Waals surface area (Å²) in [6, 6.07) is 2.39. The molecule has 1 saturated heterocycles. The molecule has 86 valence electrons. The zero-order chi connectivity index (χ0) is 11.7. The van der Waals surface area contributed by atoms with Gasteiger partial charge in [0.05, 0.1) is 17.7 Å². The zero-order valence-electron chi connectivity index (χ0n) is 8.10. The first kappa shape index (κ1) is 11.5. The maximum Gasteiger partial charge on any atom is 0.407 e. The SMILES string of the molecule is O=C1N[C@@H](c2c(Cl)ccc(Cl)c2F)CCO1. The maximum atomic E-state index is 13.8. The van der Waals surface area contributed by atoms with Crippen molar-refractivity contribution in [1.82, 2.24) is 5.32 Å². The number of rotatable bonds is 1. The third kappa shape index (κ3) is 2.08. The summed E-state index contributed by atoms with van der Waals surface area (Å²) in [6.07, 6.45) is -0.116. The maximum absolute atomic E-state index is 13.8. The van der Waals surface area contributed by atoms with Crippen molar-refractivity contribution in [2.45, 2.75) is 12.5 Å². The summed E-state index contributed by atoms with van der Waals surface area (Å²) in [4.78, 5) is 11.0. The van der Waals surface area contributed by atoms with E-state index in [4.69, 9.17) is 27.9 Å². The first-order chi connectivity index (χ1) is 7.59. The summed E-state index contributed by atoms with van der Waals surface area (Å²) in [5.41, 5.74) is 0.214. The van der Waals surface area contributed by atoms with Crippen molar-refractivity contribution in [3.63, 3.8) is 0 Å². The molecule has 1 aromatic rings. The number of carbonyl (C=O) groups is 1. The molecule has 1 aliphatic heterocycles. The van der Waals surface area contributed by atoms with Crippen molar-refractivity contribution in [2.24, 2.45) is 0 Å². The van der Waals surface area contributed by atoms with E-state index < -0.39 is 18.0 Å². The molecule has 1 N–H and O–H groups in total. The molecule has 1 aliphatic rings. The van der Waals surface area contributed by atoms with E-state index in [9.17, 15) is 9.18 Å². The van der Waals surface area contributed by atoms with Gasteiger partial charge in [-0.15, -0.1) is 0 Å². The quantitative estimate of drug-likeness (QED) is 0.790. The number of carbonyl (C=O) groups excluding carboxylic acids is 1. The molecule has 16 heavy (non-hydrogen) atoms. The lowest BCUT2D eigenvalue weighted by Gasteiger charge is -2.24. The van der Waals surface area contributed by atoms with E-state index >= 15 is 0 Å². The van der Waals surface area contributed by atoms with Crippen LogP contribution in [0.25, 0.3) is 0 Å². The van der Waals surface area contributed by atoms with Crippen LogP contribution < -0.4 is 5.32 Å². The van der Waals surface area contributed by atoms with Crippen molar-refractivity contribution in [2.75, 3.05) is 6.61 Å². The number of halogens is 3. The van der Waals surface area contributed by atoms with Crippen LogP contribution in [-0.4, -0.2) is 12.7 Å². The third-order valence-corrected chi connectivity index (χ3v) is 2.98. The zero-order valence-corrected chi connectivity index (χ0v) is 9.61. The second kappa shape index (κ2) is 4.47. The van der Waals surface area contributed by atoms with Gasteiger partial charge in [0, 0.05) is 17.0 Å². The lowest BCUT2D eigenvalue weighted by Crippen LogP contribution is -2.35. The number of ether oxygens (including phenoxy) is 1. The van der Waals surface area contributed by atoms with Crippen LogP contribution in [0.15, 0.2) is 12.1 Å². The lowest BCUT2D eigenvalue weighted by atomic mass is 10.0. The highest BCUT2D eigenvalue weighted by Gasteiger charge is 2.26. The lowest BCUT2D eigenvalue weighted by molar-refractivity contribution is 0.115. The van der Waals surface area contributed by atoms with Crippen LogP contribution in [0.1, 0.15) is 18.0 Å². The molecule has 0 aromatic heterocycles. The van der Waals surface area contributed by atoms with Crippen molar-refractivity contribution >= 4 is 29.3 Å². The number of hydrogen-bond acceptors (Lipinski definition) is 2. The van der Waals surface area contributed by atoms with Crippen molar-refractivity contribution < 1.29 is 13.9 Å². The highest BCUT2D eigenvalue weighted by molar-refractivity contribution is 6.33. The van der Waals surface area contributed by atoms with E-state index in [1.54, 1.807) is 0 Å². The minimum atomic E-state index is -0.596. The van der Waals surface area contributed by atoms with Gasteiger partial charge < -0.3 is 10.1 Å². The summed E-state index contributed by atoms with van der Waals surface area (Å²) in [7, 11) is 0. The Kier molecular flexibility index (Phi) is 3.21. The van der Waals surface area contributed by atoms with Crippen LogP contribution in [0.5, 0.6) is 0 Å². The highest BCUT2D eigenvalue weighted by Crippen LogP contribution is 2.33. The van der Waals surface area contributed by atoms with Gasteiger partial charge in [-0.25, -0.2) is 9.18 Å². The molecular weight excluding hydrogens is 256 g/mol. The van der Waals surface area contributed by atoms with Gasteiger partial charge >= 0.3 is 6.09 Å². The van der Waals surface area contributed by atoms with Crippen LogP contribution in [0.4, 0.5) is 9.18 Å². The number of hydrogen-bond donors (Lipinski definition) is 1. The Morgan fingerprint density at radius 2 is 2.06 bits per heavy atom. The Morgan fingerprint density at radius 1 is 1.38 bits per heavy atom. The smallest absolute Gasteiger partial charge is 0.407 e. The van der Waals surface area contributed by atoms with E-state index in [-0.39, 0.29) is 22.2 Å². The summed E-state index contributed by atoms with van der Waals surface area (Å²) >= 11 is 11.6. The molecule has 0 radical (unpaired) electrons. The molecule has 0 unspecified atom stereocenters. The molecule has 2 rings (SSSR count). The average Bonchev–Trinajstić information content (AvgIpc) is 2.24. The first-order valence-electron chi connectivity index (χ1n) is 4.66. The van der Waals surface area contributed by atoms with Crippen molar-refractivity contribution in [1.29, 1.82) is 0 Å². The summed E-state index contributed by atoms with van der Waals surface area (Å²) in [6.45, 7) is 0.235. The Balaban J connectivity index is 2.39. The highest BCUT2D eigenvalue weighted by atomic mass is 35.5. The Labute approximate surface area is 101 Å². The predicted octanol–water partition coefficient (Wildman–Crippen LogP) is 3.30. The second-order valence-electron chi connectivity index (χ2n) is 3.38. The topological polar surface area (TPSA) is 38.3 Å². The molecule has 6 heteroatoms. The normalized spacial score (nSPS) is 20.2. The first-order valence-corrected chi connectivity index (χ1v) is 5.42. The molecule has 0 spiro atoms. The second-order valence-corrected chi connectivity index (χ2v) is 4.19. The van der Waals surface area contributed by atoms with Gasteiger partial charge in [-0.3, -0.25) is 0 Å². The minimum absolute atomic E-state index is 0.0138. The summed E-state index contributed by atoms with van der Waals surface area (Å²) in [5, 5.41) is 2.73. The average molecular weight is 264 g/mol. The van der Waals surface area contributed by atoms with E-state index in [0.29, 0.717) is 6.42 Å². The summed E-state index contributed by atoms with van der Waals surface area (Å²) < 4.78 is 18.5. The van der Waals surface area contributed by atoms with Crippen LogP contribution >= 0.6 is 23.2 Å². The van der Waals surface area contributed by atoms with E-state index in [2.05, 4.69) is 5.32 Å².